The van der Waals surface area contributed by atoms with Gasteiger partial charge in [-0.1, -0.05) is 11.6 Å². The van der Waals surface area contributed by atoms with E-state index in [0.29, 0.717) is 5.15 Å². The third kappa shape index (κ3) is 2.68. The third-order valence-electron chi connectivity index (χ3n) is 3.09. The molecule has 1 N–H and O–H groups in total. The number of nitrogens with zero attached hydrogens (tertiary/aromatic N) is 2. The van der Waals surface area contributed by atoms with Crippen molar-refractivity contribution in [3.05, 3.63) is 23.5 Å². The maximum Gasteiger partial charge on any atom is 0.185 e. The normalized spacial score (nSPS) is 18.6. The first-order valence-corrected chi connectivity index (χ1v) is 5.99. The molecule has 0 radical (unpaired) electrons. The monoisotopic (exact) mass is 255 g/mol. The third-order valence-corrected chi connectivity index (χ3v) is 3.31. The summed E-state index contributed by atoms with van der Waals surface area (Å²) in [5.41, 5.74) is 3.29. The summed E-state index contributed by atoms with van der Waals surface area (Å²) in [7, 11) is 0. The highest BCUT2D eigenvalue weighted by Crippen LogP contribution is 2.26. The van der Waals surface area contributed by atoms with Crippen LogP contribution < -0.4 is 15.1 Å². The van der Waals surface area contributed by atoms with Gasteiger partial charge in [0.2, 0.25) is 0 Å². The highest BCUT2D eigenvalue weighted by molar-refractivity contribution is 6.29. The number of hydrogen-bond donors (Lipinski definition) is 1. The molecule has 0 aromatic carbocycles. The molecule has 1 amide bonds. The molecule has 1 aromatic rings. The number of amides is 1. The lowest BCUT2D eigenvalue weighted by atomic mass is 10.1. The van der Waals surface area contributed by atoms with Gasteiger partial charge in [-0.2, -0.15) is 4.59 Å². The molecule has 0 saturated carbocycles. The summed E-state index contributed by atoms with van der Waals surface area (Å²) in [6, 6.07) is 3.47. The van der Waals surface area contributed by atoms with Gasteiger partial charge < -0.3 is 9.90 Å². The van der Waals surface area contributed by atoms with E-state index >= 15 is 0 Å². The predicted molar refractivity (Wildman–Crippen MR) is 63.2 cm³/mol. The number of halogens is 1. The van der Waals surface area contributed by atoms with Crippen molar-refractivity contribution in [1.29, 1.82) is 0 Å². The fourth-order valence-electron chi connectivity index (χ4n) is 2.28. The zero-order chi connectivity index (χ0) is 12.3. The lowest BCUT2D eigenvalue weighted by Gasteiger charge is -2.40. The Morgan fingerprint density at radius 2 is 2.06 bits per heavy atom. The summed E-state index contributed by atoms with van der Waals surface area (Å²) in [4.78, 5) is 14.8. The lowest BCUT2D eigenvalue weighted by molar-refractivity contribution is -0.256. The number of carbonyl (C=O) groups excluding carboxylic acids is 1. The molecule has 0 unspecified atom stereocenters. The first kappa shape index (κ1) is 12.1. The molecule has 2 rings (SSSR count). The molecular formula is C11H14ClN3O2. The molecule has 0 spiro atoms. The van der Waals surface area contributed by atoms with Crippen molar-refractivity contribution in [1.82, 2.24) is 15.0 Å². The maximum atomic E-state index is 10.8. The van der Waals surface area contributed by atoms with Crippen LogP contribution in [0.25, 0.3) is 0 Å². The number of rotatable bonds is 2. The molecule has 1 aromatic heterocycles. The van der Waals surface area contributed by atoms with Gasteiger partial charge >= 0.3 is 0 Å². The molecule has 2 heterocycles. The first-order valence-electron chi connectivity index (χ1n) is 5.61. The highest BCUT2D eigenvalue weighted by atomic mass is 35.5. The molecule has 17 heavy (non-hydrogen) atoms. The van der Waals surface area contributed by atoms with Gasteiger partial charge in [0.25, 0.3) is 0 Å². The minimum atomic E-state index is -1.26. The van der Waals surface area contributed by atoms with Gasteiger partial charge in [-0.05, 0) is 25.3 Å². The van der Waals surface area contributed by atoms with Crippen molar-refractivity contribution >= 4 is 23.4 Å². The Bertz CT molecular complexity index is 402. The summed E-state index contributed by atoms with van der Waals surface area (Å²) < 4.78 is 0.187. The van der Waals surface area contributed by atoms with Gasteiger partial charge in [-0.25, -0.2) is 10.4 Å². The average Bonchev–Trinajstić information content (AvgIpc) is 2.30. The molecule has 0 aliphatic carbocycles. The van der Waals surface area contributed by atoms with E-state index in [-0.39, 0.29) is 4.59 Å². The van der Waals surface area contributed by atoms with Crippen molar-refractivity contribution < 1.29 is 9.90 Å². The van der Waals surface area contributed by atoms with E-state index in [2.05, 4.69) is 10.4 Å². The molecule has 1 fully saturated rings. The zero-order valence-corrected chi connectivity index (χ0v) is 10.1. The topological polar surface area (TPSA) is 65.0 Å². The molecule has 5 nitrogen and oxygen atoms in total. The Balaban J connectivity index is 2.31. The van der Waals surface area contributed by atoms with Gasteiger partial charge in [-0.15, -0.1) is 0 Å². The number of quaternary nitrogens is 1. The lowest BCUT2D eigenvalue weighted by Crippen LogP contribution is -2.66. The Morgan fingerprint density at radius 1 is 1.35 bits per heavy atom. The van der Waals surface area contributed by atoms with E-state index in [1.165, 1.54) is 0 Å². The van der Waals surface area contributed by atoms with Crippen LogP contribution in [-0.4, -0.2) is 24.2 Å². The number of aromatic nitrogens is 1. The zero-order valence-electron chi connectivity index (χ0n) is 9.36. The minimum Gasteiger partial charge on any atom is -0.526 e. The Morgan fingerprint density at radius 3 is 2.59 bits per heavy atom. The van der Waals surface area contributed by atoms with Crippen LogP contribution in [0, 0.1) is 0 Å². The molecule has 0 atom stereocenters. The van der Waals surface area contributed by atoms with E-state index < -0.39 is 6.09 Å². The Kier molecular flexibility index (Phi) is 3.49. The van der Waals surface area contributed by atoms with Crippen molar-refractivity contribution in [2.75, 3.05) is 13.1 Å². The number of carboxylic acid groups (broad SMARTS) is 1. The highest BCUT2D eigenvalue weighted by Gasteiger charge is 2.33. The van der Waals surface area contributed by atoms with E-state index in [0.717, 1.165) is 38.0 Å². The van der Waals surface area contributed by atoms with Gasteiger partial charge in [-0.3, -0.25) is 0 Å². The molecular weight excluding hydrogens is 242 g/mol. The van der Waals surface area contributed by atoms with E-state index in [1.807, 2.05) is 0 Å². The number of carbonyl (C=O) groups is 1. The van der Waals surface area contributed by atoms with Crippen molar-refractivity contribution in [2.45, 2.75) is 19.3 Å². The van der Waals surface area contributed by atoms with Gasteiger partial charge in [0.1, 0.15) is 18.2 Å². The van der Waals surface area contributed by atoms with Crippen molar-refractivity contribution in [3.63, 3.8) is 0 Å². The van der Waals surface area contributed by atoms with Crippen LogP contribution in [0.3, 0.4) is 0 Å². The number of nitrogens with one attached hydrogen (secondary N) is 1. The smallest absolute Gasteiger partial charge is 0.185 e. The summed E-state index contributed by atoms with van der Waals surface area (Å²) in [6.45, 7) is 1.44. The molecule has 1 aliphatic heterocycles. The summed E-state index contributed by atoms with van der Waals surface area (Å²) in [5, 5.41) is 11.2. The van der Waals surface area contributed by atoms with E-state index in [1.54, 1.807) is 18.3 Å². The van der Waals surface area contributed by atoms with Gasteiger partial charge in [0, 0.05) is 6.07 Å². The molecule has 6 heteroatoms. The van der Waals surface area contributed by atoms with Crippen LogP contribution in [0.15, 0.2) is 18.3 Å². The maximum absolute atomic E-state index is 10.8. The standard InChI is InChI=1S/C11H14ClN3O2/c12-10-5-4-9(8-13-10)15(14-11(16)17)6-2-1-3-7-15/h4-5,8,14H,1-3,6-7H2. The SMILES string of the molecule is O=C([O-])N[N+]1(c2ccc(Cl)nc2)CCCCC1. The Hall–Kier alpha value is -1.33. The van der Waals surface area contributed by atoms with Crippen LogP contribution in [0.2, 0.25) is 5.15 Å². The van der Waals surface area contributed by atoms with Crippen molar-refractivity contribution in [3.8, 4) is 0 Å². The molecule has 1 saturated heterocycles. The average molecular weight is 256 g/mol. The predicted octanol–water partition coefficient (Wildman–Crippen LogP) is 1.07. The second-order valence-corrected chi connectivity index (χ2v) is 4.60. The minimum absolute atomic E-state index is 0.187. The molecule has 0 bridgehead atoms. The first-order chi connectivity index (χ1) is 8.12. The number of hydrogen-bond acceptors (Lipinski definition) is 3. The second-order valence-electron chi connectivity index (χ2n) is 4.21. The van der Waals surface area contributed by atoms with E-state index in [9.17, 15) is 9.90 Å². The van der Waals surface area contributed by atoms with Crippen molar-refractivity contribution in [2.24, 2.45) is 0 Å². The van der Waals surface area contributed by atoms with Crippen LogP contribution in [0.5, 0.6) is 0 Å². The van der Waals surface area contributed by atoms with Crippen LogP contribution in [0.1, 0.15) is 19.3 Å². The van der Waals surface area contributed by atoms with Gasteiger partial charge in [0.15, 0.2) is 11.8 Å². The number of piperidine rings is 1. The van der Waals surface area contributed by atoms with Crippen LogP contribution >= 0.6 is 11.6 Å². The summed E-state index contributed by atoms with van der Waals surface area (Å²) in [5.74, 6) is 0. The number of pyridine rings is 1. The Labute approximate surface area is 105 Å². The van der Waals surface area contributed by atoms with Crippen LogP contribution in [0.4, 0.5) is 10.5 Å². The summed E-state index contributed by atoms with van der Waals surface area (Å²) >= 11 is 5.73. The van der Waals surface area contributed by atoms with Crippen LogP contribution in [-0.2, 0) is 0 Å². The van der Waals surface area contributed by atoms with E-state index in [4.69, 9.17) is 11.6 Å². The quantitative estimate of drug-likeness (QED) is 0.635. The largest absolute Gasteiger partial charge is 0.526 e. The second kappa shape index (κ2) is 4.89. The molecule has 1 aliphatic rings. The fraction of sp³-hybridized carbons (Fsp3) is 0.455. The fourth-order valence-corrected chi connectivity index (χ4v) is 2.39. The van der Waals surface area contributed by atoms with Gasteiger partial charge in [0.05, 0.1) is 6.20 Å². The summed E-state index contributed by atoms with van der Waals surface area (Å²) in [6.07, 6.45) is 3.42. The molecule has 92 valence electrons.